The first kappa shape index (κ1) is 71.8. The van der Waals surface area contributed by atoms with Crippen LogP contribution in [0.4, 0.5) is 0 Å². The highest BCUT2D eigenvalue weighted by Gasteiger charge is 2.45. The first-order valence-corrected chi connectivity index (χ1v) is 31.2. The van der Waals surface area contributed by atoms with Gasteiger partial charge in [0.15, 0.2) is 6.29 Å². The molecule has 3 N–H and O–H groups in total. The number of aliphatic hydroxyl groups excluding tert-OH is 2. The summed E-state index contributed by atoms with van der Waals surface area (Å²) in [5.41, 5.74) is 15.3. The van der Waals surface area contributed by atoms with E-state index >= 15 is 0 Å². The van der Waals surface area contributed by atoms with E-state index in [0.717, 1.165) is 128 Å². The maximum Gasteiger partial charge on any atom is 0.276 e. The summed E-state index contributed by atoms with van der Waals surface area (Å²) in [5.74, 6) is -0.683. The highest BCUT2D eigenvalue weighted by Crippen LogP contribution is 2.56. The number of allylic oxidation sites excluding steroid dienone is 21. The van der Waals surface area contributed by atoms with Gasteiger partial charge in [0.1, 0.15) is 18.2 Å². The molecule has 438 valence electrons. The maximum atomic E-state index is 12.5. The smallest absolute Gasteiger partial charge is 0.276 e. The minimum atomic E-state index is -5.64. The van der Waals surface area contributed by atoms with E-state index in [-0.39, 0.29) is 0 Å². The molecule has 14 heteroatoms. The molecule has 0 saturated carbocycles. The molecule has 7 atom stereocenters. The summed E-state index contributed by atoms with van der Waals surface area (Å²) in [5, 5.41) is 22.6. The Morgan fingerprint density at radius 1 is 0.455 bits per heavy atom. The fourth-order valence-corrected chi connectivity index (χ4v) is 10.6. The van der Waals surface area contributed by atoms with Gasteiger partial charge in [-0.25, -0.2) is 4.31 Å². The van der Waals surface area contributed by atoms with Gasteiger partial charge in [0.05, 0.1) is 12.7 Å². The average Bonchev–Trinajstić information content (AvgIpc) is 3.31. The van der Waals surface area contributed by atoms with Crippen LogP contribution in [0.25, 0.3) is 0 Å². The molecule has 3 unspecified atom stereocenters. The lowest BCUT2D eigenvalue weighted by Gasteiger charge is -2.43. The third-order valence-corrected chi connectivity index (χ3v) is 16.2. The standard InChI is InChI=1S/C63H105NO11P2/c1-47(2)25-15-26-48(3)27-16-28-49(4)29-17-30-50(5)31-18-32-51(6)33-19-34-52(7)35-20-36-53(8)37-21-38-54(9)39-22-40-55(10)41-23-42-56(11)43-24-44-57(12)45-46-72-76(68,69)75-77(70,71)74-63-60(64-59(14)65)62(67)61(66)58(13)73-63/h25,27,29,31,33,35,37,39,41,43,45,58,60-63,66-67H,15-24,26,28,30,32,34,36,38,40,42,44,46H2,1-14H3,(H,64,65)(H,68,69)(H,70,71)/p-2/b48-27+,49-29+,50-31-,51-33-,52-35-,53-37-,54-39-,55-41-,56-43-,57-45-/t58-,60-,61+,62-,63?/m1/s1. The number of nitrogens with one attached hydrogen (secondary N) is 1. The van der Waals surface area contributed by atoms with Gasteiger partial charge in [0.25, 0.3) is 15.6 Å². The number of carbonyl (C=O) groups excluding carboxylic acids is 1. The molecule has 1 heterocycles. The van der Waals surface area contributed by atoms with Gasteiger partial charge in [-0.3, -0.25) is 18.4 Å². The van der Waals surface area contributed by atoms with Gasteiger partial charge < -0.3 is 34.6 Å². The summed E-state index contributed by atoms with van der Waals surface area (Å²) < 4.78 is 43.7. The summed E-state index contributed by atoms with van der Waals surface area (Å²) >= 11 is 0. The lowest BCUT2D eigenvalue weighted by Crippen LogP contribution is -2.63. The van der Waals surface area contributed by atoms with Crippen molar-refractivity contribution in [2.24, 2.45) is 0 Å². The van der Waals surface area contributed by atoms with Crippen molar-refractivity contribution in [2.45, 2.75) is 256 Å². The predicted molar refractivity (Wildman–Crippen MR) is 317 cm³/mol. The molecule has 0 radical (unpaired) electrons. The molecule has 12 nitrogen and oxygen atoms in total. The molecule has 0 bridgehead atoms. The number of aliphatic hydroxyl groups is 2. The zero-order chi connectivity index (χ0) is 58.0. The van der Waals surface area contributed by atoms with Gasteiger partial charge in [0.2, 0.25) is 5.91 Å². The molecule has 0 aromatic rings. The van der Waals surface area contributed by atoms with Crippen LogP contribution in [0.3, 0.4) is 0 Å². The number of rotatable bonds is 38. The monoisotopic (exact) mass is 1110 g/mol. The molecule has 0 spiro atoms. The van der Waals surface area contributed by atoms with E-state index < -0.39 is 58.8 Å². The Hall–Kier alpha value is -3.25. The van der Waals surface area contributed by atoms with E-state index in [1.807, 2.05) is 6.92 Å². The summed E-state index contributed by atoms with van der Waals surface area (Å²) in [6.45, 7) is 28.3. The number of phosphoric ester groups is 2. The van der Waals surface area contributed by atoms with Crippen LogP contribution in [0.15, 0.2) is 128 Å². The average molecular weight is 1110 g/mol. The number of amides is 1. The van der Waals surface area contributed by atoms with E-state index in [2.05, 4.69) is 147 Å². The molecule has 0 aliphatic carbocycles. The van der Waals surface area contributed by atoms with Crippen LogP contribution in [0.1, 0.15) is 225 Å². The first-order valence-electron chi connectivity index (χ1n) is 28.3. The third kappa shape index (κ3) is 37.3. The van der Waals surface area contributed by atoms with Crippen LogP contribution in [0, 0.1) is 0 Å². The summed E-state index contributed by atoms with van der Waals surface area (Å²) in [7, 11) is -11.0. The Labute approximate surface area is 467 Å². The second-order valence-electron chi connectivity index (χ2n) is 22.0. The molecule has 77 heavy (non-hydrogen) atoms. The summed E-state index contributed by atoms with van der Waals surface area (Å²) in [4.78, 5) is 36.4. The van der Waals surface area contributed by atoms with E-state index in [1.165, 1.54) is 75.2 Å². The van der Waals surface area contributed by atoms with Gasteiger partial charge in [-0.15, -0.1) is 0 Å². The number of phosphoric acid groups is 2. The molecule has 1 saturated heterocycles. The Morgan fingerprint density at radius 3 is 1.00 bits per heavy atom. The van der Waals surface area contributed by atoms with Crippen molar-refractivity contribution in [3.63, 3.8) is 0 Å². The fraction of sp³-hybridized carbons (Fsp3) is 0.635. The van der Waals surface area contributed by atoms with Crippen molar-refractivity contribution in [2.75, 3.05) is 6.61 Å². The molecular weight excluding hydrogens is 1010 g/mol. The topological polar surface area (TPSA) is 187 Å². The van der Waals surface area contributed by atoms with E-state index in [1.54, 1.807) is 0 Å². The third-order valence-electron chi connectivity index (χ3n) is 13.7. The number of hydrogen-bond donors (Lipinski definition) is 3. The predicted octanol–water partition coefficient (Wildman–Crippen LogP) is 16.2. The van der Waals surface area contributed by atoms with Crippen LogP contribution in [-0.2, 0) is 32.0 Å². The van der Waals surface area contributed by atoms with Crippen LogP contribution in [0.5, 0.6) is 0 Å². The van der Waals surface area contributed by atoms with Crippen molar-refractivity contribution in [1.82, 2.24) is 5.32 Å². The molecular formula is C63H103NO11P2-2. The SMILES string of the molecule is CC(=O)N[C@H]1C(OP(=O)([O-])OP(=O)([O-])OC/C=C(/C)CC/C=C(/C)CC/C=C(/C)CC/C=C(/C)CC/C=C(/C)CC/C=C(/C)CC/C=C(/C)CC/C=C(/C)CC/C=C(\C)CC/C=C(\C)CCC=C(C)C)O[C@H](C)[C@H](O)[C@@H]1O. The highest BCUT2D eigenvalue weighted by molar-refractivity contribution is 7.59. The Morgan fingerprint density at radius 2 is 0.727 bits per heavy atom. The summed E-state index contributed by atoms with van der Waals surface area (Å²) in [6.07, 6.45) is 40.3. The highest BCUT2D eigenvalue weighted by atomic mass is 31.3. The minimum absolute atomic E-state index is 0.465. The molecule has 0 aromatic carbocycles. The fourth-order valence-electron chi connectivity index (χ4n) is 8.59. The molecule has 1 amide bonds. The molecule has 1 fully saturated rings. The lowest BCUT2D eigenvalue weighted by atomic mass is 9.98. The number of ether oxygens (including phenoxy) is 1. The van der Waals surface area contributed by atoms with Gasteiger partial charge in [-0.05, 0) is 218 Å². The quantitative estimate of drug-likeness (QED) is 0.0394. The van der Waals surface area contributed by atoms with Crippen LogP contribution in [-0.4, -0.2) is 53.4 Å². The molecule has 1 rings (SSSR count). The number of hydrogen-bond acceptors (Lipinski definition) is 11. The first-order chi connectivity index (χ1) is 36.2. The summed E-state index contributed by atoms with van der Waals surface area (Å²) in [6, 6.07) is -1.53. The van der Waals surface area contributed by atoms with Crippen molar-refractivity contribution in [3.05, 3.63) is 128 Å². The molecule has 1 aliphatic rings. The minimum Gasteiger partial charge on any atom is -0.756 e. The van der Waals surface area contributed by atoms with Crippen LogP contribution in [0.2, 0.25) is 0 Å². The van der Waals surface area contributed by atoms with Gasteiger partial charge in [-0.1, -0.05) is 128 Å². The van der Waals surface area contributed by atoms with Gasteiger partial charge in [0, 0.05) is 6.92 Å². The van der Waals surface area contributed by atoms with Crippen molar-refractivity contribution in [1.29, 1.82) is 0 Å². The van der Waals surface area contributed by atoms with E-state index in [4.69, 9.17) is 13.8 Å². The second-order valence-corrected chi connectivity index (χ2v) is 24.9. The van der Waals surface area contributed by atoms with E-state index in [9.17, 15) is 33.9 Å². The Bertz CT molecular complexity index is 2240. The van der Waals surface area contributed by atoms with E-state index in [0.29, 0.717) is 6.42 Å². The maximum absolute atomic E-state index is 12.5. The largest absolute Gasteiger partial charge is 0.756 e. The van der Waals surface area contributed by atoms with Gasteiger partial charge in [-0.2, -0.15) is 0 Å². The lowest BCUT2D eigenvalue weighted by molar-refractivity contribution is -0.279. The Kier molecular flexibility index (Phi) is 37.3. The Balaban J connectivity index is 2.32. The second kappa shape index (κ2) is 40.0. The zero-order valence-electron chi connectivity index (χ0n) is 50.0. The number of carbonyl (C=O) groups is 1. The normalized spacial score (nSPS) is 21.8. The van der Waals surface area contributed by atoms with Crippen LogP contribution < -0.4 is 15.1 Å². The van der Waals surface area contributed by atoms with Crippen molar-refractivity contribution >= 4 is 21.6 Å². The van der Waals surface area contributed by atoms with Crippen molar-refractivity contribution in [3.8, 4) is 0 Å². The van der Waals surface area contributed by atoms with Gasteiger partial charge >= 0.3 is 0 Å². The molecule has 0 aromatic heterocycles. The van der Waals surface area contributed by atoms with Crippen molar-refractivity contribution < 1.29 is 52.0 Å². The molecule has 1 aliphatic heterocycles. The zero-order valence-corrected chi connectivity index (χ0v) is 51.8. The van der Waals surface area contributed by atoms with Crippen LogP contribution >= 0.6 is 15.6 Å².